The van der Waals surface area contributed by atoms with Crippen LogP contribution in [0.4, 0.5) is 5.69 Å². The van der Waals surface area contributed by atoms with E-state index in [0.29, 0.717) is 17.6 Å². The number of hydrogen-bond acceptors (Lipinski definition) is 8. The van der Waals surface area contributed by atoms with E-state index in [1.54, 1.807) is 20.0 Å². The molecule has 10 nitrogen and oxygen atoms in total. The lowest BCUT2D eigenvalue weighted by atomic mass is 9.98. The number of amides is 1. The van der Waals surface area contributed by atoms with E-state index in [4.69, 9.17) is 18.9 Å². The molecule has 36 heavy (non-hydrogen) atoms. The van der Waals surface area contributed by atoms with E-state index in [1.165, 1.54) is 19.1 Å². The minimum atomic E-state index is -1.06. The Morgan fingerprint density at radius 2 is 1.89 bits per heavy atom. The molecule has 2 saturated heterocycles. The number of ether oxygens (including phenoxy) is 4. The molecule has 2 aliphatic heterocycles. The van der Waals surface area contributed by atoms with Gasteiger partial charge in [0, 0.05) is 25.7 Å². The summed E-state index contributed by atoms with van der Waals surface area (Å²) in [7, 11) is 3.02. The predicted octanol–water partition coefficient (Wildman–Crippen LogP) is 2.86. The smallest absolute Gasteiger partial charge is 0.326 e. The molecule has 196 valence electrons. The van der Waals surface area contributed by atoms with Gasteiger partial charge >= 0.3 is 5.97 Å². The maximum absolute atomic E-state index is 14.0. The summed E-state index contributed by atoms with van der Waals surface area (Å²) in [4.78, 5) is 31.9. The third-order valence-corrected chi connectivity index (χ3v) is 6.61. The Labute approximate surface area is 210 Å². The lowest BCUT2D eigenvalue weighted by Crippen LogP contribution is -2.55. The van der Waals surface area contributed by atoms with Gasteiger partial charge in [-0.2, -0.15) is 0 Å². The molecular formula is C26H35N3O7. The molecule has 0 unspecified atom stereocenters. The molecule has 10 heteroatoms. The van der Waals surface area contributed by atoms with Gasteiger partial charge in [0.05, 0.1) is 11.2 Å². The molecule has 6 atom stereocenters. The normalized spacial score (nSPS) is 26.5. The van der Waals surface area contributed by atoms with E-state index in [9.17, 15) is 14.7 Å². The van der Waals surface area contributed by atoms with E-state index in [2.05, 4.69) is 10.3 Å². The number of benzene rings is 1. The fourth-order valence-corrected chi connectivity index (χ4v) is 4.97. The molecule has 0 saturated carbocycles. The van der Waals surface area contributed by atoms with Gasteiger partial charge in [-0.15, -0.1) is 0 Å². The molecular weight excluding hydrogens is 466 g/mol. The van der Waals surface area contributed by atoms with Crippen LogP contribution in [0.2, 0.25) is 0 Å². The van der Waals surface area contributed by atoms with E-state index in [0.717, 1.165) is 5.39 Å². The summed E-state index contributed by atoms with van der Waals surface area (Å²) >= 11 is 0. The van der Waals surface area contributed by atoms with Crippen LogP contribution in [0.1, 0.15) is 34.1 Å². The van der Waals surface area contributed by atoms with Crippen molar-refractivity contribution in [1.82, 2.24) is 9.88 Å². The van der Waals surface area contributed by atoms with E-state index < -0.39 is 54.3 Å². The molecule has 2 aromatic rings. The summed E-state index contributed by atoms with van der Waals surface area (Å²) in [6.07, 6.45) is -0.737. The van der Waals surface area contributed by atoms with E-state index in [-0.39, 0.29) is 5.92 Å². The molecule has 0 radical (unpaired) electrons. The highest BCUT2D eigenvalue weighted by atomic mass is 16.8. The summed E-state index contributed by atoms with van der Waals surface area (Å²) in [5, 5.41) is 14.1. The van der Waals surface area contributed by atoms with E-state index in [1.807, 2.05) is 44.2 Å². The Bertz CT molecular complexity index is 1100. The first-order valence-corrected chi connectivity index (χ1v) is 12.2. The molecule has 2 aliphatic rings. The first kappa shape index (κ1) is 26.3. The van der Waals surface area contributed by atoms with Crippen LogP contribution in [0.5, 0.6) is 0 Å². The van der Waals surface area contributed by atoms with Gasteiger partial charge in [0.15, 0.2) is 12.1 Å². The number of aliphatic carboxylic acids is 1. The molecule has 1 aromatic heterocycles. The molecule has 0 bridgehead atoms. The molecule has 2 fully saturated rings. The van der Waals surface area contributed by atoms with Crippen molar-refractivity contribution in [3.8, 4) is 0 Å². The van der Waals surface area contributed by atoms with Crippen LogP contribution in [0.25, 0.3) is 10.9 Å². The number of anilines is 1. The van der Waals surface area contributed by atoms with Crippen molar-refractivity contribution in [2.24, 2.45) is 5.92 Å². The number of methoxy groups -OCH3 is 1. The monoisotopic (exact) mass is 501 g/mol. The minimum absolute atomic E-state index is 0.0763. The largest absolute Gasteiger partial charge is 0.480 e. The first-order valence-electron chi connectivity index (χ1n) is 12.2. The quantitative estimate of drug-likeness (QED) is 0.534. The number of nitrogens with one attached hydrogen (secondary N) is 1. The van der Waals surface area contributed by atoms with Crippen molar-refractivity contribution in [3.05, 3.63) is 36.5 Å². The van der Waals surface area contributed by atoms with Gasteiger partial charge in [0.1, 0.15) is 30.4 Å². The zero-order valence-electron chi connectivity index (χ0n) is 21.5. The molecule has 0 aliphatic carbocycles. The van der Waals surface area contributed by atoms with Gasteiger partial charge in [0.25, 0.3) is 0 Å². The standard InChI is InChI=1S/C26H35N3O7/c1-14(2)13-17(24(31)32)29(5)23(30)19(28-16-11-7-9-15-10-8-12-27-18(15)16)20-21-22(25(33-6)34-20)36-26(3,4)35-21/h7-12,14,17,19-22,25,28H,13H2,1-6H3,(H,31,32)/t17-,19-,20+,21+,22+,25+/m0/s1. The number of carboxylic acids is 1. The molecule has 0 spiro atoms. The fraction of sp³-hybridized carbons (Fsp3) is 0.577. The summed E-state index contributed by atoms with van der Waals surface area (Å²) < 4.78 is 23.9. The van der Waals surface area contributed by atoms with Gasteiger partial charge in [-0.3, -0.25) is 9.78 Å². The van der Waals surface area contributed by atoms with Crippen molar-refractivity contribution in [3.63, 3.8) is 0 Å². The zero-order chi connectivity index (χ0) is 26.2. The summed E-state index contributed by atoms with van der Waals surface area (Å²) in [5.41, 5.74) is 1.30. The maximum Gasteiger partial charge on any atom is 0.326 e. The maximum atomic E-state index is 14.0. The van der Waals surface area contributed by atoms with Crippen molar-refractivity contribution in [2.45, 2.75) is 76.6 Å². The van der Waals surface area contributed by atoms with Crippen LogP contribution in [-0.2, 0) is 28.5 Å². The van der Waals surface area contributed by atoms with Crippen LogP contribution in [0.15, 0.2) is 36.5 Å². The first-order chi connectivity index (χ1) is 17.0. The molecule has 1 amide bonds. The lowest BCUT2D eigenvalue weighted by molar-refractivity contribution is -0.228. The van der Waals surface area contributed by atoms with Crippen LogP contribution >= 0.6 is 0 Å². The highest BCUT2D eigenvalue weighted by molar-refractivity contribution is 5.94. The van der Waals surface area contributed by atoms with Crippen molar-refractivity contribution in [1.29, 1.82) is 0 Å². The minimum Gasteiger partial charge on any atom is -0.480 e. The Morgan fingerprint density at radius 1 is 1.19 bits per heavy atom. The number of rotatable bonds is 9. The van der Waals surface area contributed by atoms with Crippen molar-refractivity contribution >= 4 is 28.5 Å². The Hall–Kier alpha value is -2.79. The number of nitrogens with zero attached hydrogens (tertiary/aromatic N) is 2. The van der Waals surface area contributed by atoms with Crippen molar-refractivity contribution < 1.29 is 33.6 Å². The topological polar surface area (TPSA) is 119 Å². The molecule has 3 heterocycles. The SMILES string of the molecule is CO[C@@H]1O[C@H]([C@H](Nc2cccc3cccnc23)C(=O)N(C)[C@@H](CC(C)C)C(=O)O)[C@H]2OC(C)(C)O[C@@H]12. The average molecular weight is 502 g/mol. The van der Waals surface area contributed by atoms with Gasteiger partial charge in [0.2, 0.25) is 5.91 Å². The van der Waals surface area contributed by atoms with Gasteiger partial charge in [-0.05, 0) is 38.3 Å². The number of carbonyl (C=O) groups excluding carboxylic acids is 1. The van der Waals surface area contributed by atoms with Crippen LogP contribution in [0.3, 0.4) is 0 Å². The molecule has 1 aromatic carbocycles. The number of likely N-dealkylation sites (N-methyl/N-ethyl adjacent to an activating group) is 1. The zero-order valence-corrected chi connectivity index (χ0v) is 21.5. The van der Waals surface area contributed by atoms with Gasteiger partial charge in [-0.25, -0.2) is 4.79 Å². The number of aromatic nitrogens is 1. The van der Waals surface area contributed by atoms with E-state index >= 15 is 0 Å². The average Bonchev–Trinajstić information content (AvgIpc) is 3.32. The number of hydrogen-bond donors (Lipinski definition) is 2. The second kappa shape index (κ2) is 10.3. The lowest BCUT2D eigenvalue weighted by Gasteiger charge is -2.34. The Kier molecular flexibility index (Phi) is 7.51. The number of pyridine rings is 1. The third-order valence-electron chi connectivity index (χ3n) is 6.61. The van der Waals surface area contributed by atoms with Gasteiger partial charge < -0.3 is 34.3 Å². The number of fused-ring (bicyclic) bond motifs is 2. The van der Waals surface area contributed by atoms with Crippen LogP contribution in [-0.4, -0.2) is 83.5 Å². The molecule has 2 N–H and O–H groups in total. The number of carboxylic acid groups (broad SMARTS) is 1. The highest BCUT2D eigenvalue weighted by Crippen LogP contribution is 2.41. The second-order valence-corrected chi connectivity index (χ2v) is 10.2. The summed E-state index contributed by atoms with van der Waals surface area (Å²) in [6, 6.07) is 7.39. The Morgan fingerprint density at radius 3 is 2.56 bits per heavy atom. The predicted molar refractivity (Wildman–Crippen MR) is 132 cm³/mol. The van der Waals surface area contributed by atoms with Crippen LogP contribution in [0, 0.1) is 5.92 Å². The van der Waals surface area contributed by atoms with Gasteiger partial charge in [-0.1, -0.05) is 32.0 Å². The Balaban J connectivity index is 1.73. The molecule has 4 rings (SSSR count). The number of para-hydroxylation sites is 1. The van der Waals surface area contributed by atoms with Crippen LogP contribution < -0.4 is 5.32 Å². The third kappa shape index (κ3) is 5.17. The fourth-order valence-electron chi connectivity index (χ4n) is 4.97. The highest BCUT2D eigenvalue weighted by Gasteiger charge is 2.59. The number of carbonyl (C=O) groups is 2. The van der Waals surface area contributed by atoms with Crippen molar-refractivity contribution in [2.75, 3.05) is 19.5 Å². The summed E-state index contributed by atoms with van der Waals surface area (Å²) in [5.74, 6) is -2.32. The second-order valence-electron chi connectivity index (χ2n) is 10.2. The summed E-state index contributed by atoms with van der Waals surface area (Å²) in [6.45, 7) is 7.43.